The Morgan fingerprint density at radius 1 is 1.00 bits per heavy atom. The molecule has 0 saturated heterocycles. The van der Waals surface area contributed by atoms with Crippen molar-refractivity contribution in [3.05, 3.63) is 88.3 Å². The van der Waals surface area contributed by atoms with E-state index in [-0.39, 0.29) is 39.7 Å². The van der Waals surface area contributed by atoms with Crippen LogP contribution in [0.25, 0.3) is 39.8 Å². The molecule has 0 unspecified atom stereocenters. The first-order valence-corrected chi connectivity index (χ1v) is 11.2. The smallest absolute Gasteiger partial charge is 0.392 e. The van der Waals surface area contributed by atoms with Gasteiger partial charge in [-0.15, -0.1) is 5.10 Å². The summed E-state index contributed by atoms with van der Waals surface area (Å²) in [6, 6.07) is 15.2. The largest absolute Gasteiger partial charge is 0.418 e. The average molecular weight is 560 g/mol. The molecule has 0 spiro atoms. The second-order valence-electron chi connectivity index (χ2n) is 7.68. The predicted molar refractivity (Wildman–Crippen MR) is 124 cm³/mol. The number of aliphatic hydroxyl groups excluding tert-OH is 1. The highest BCUT2D eigenvalue weighted by atomic mass is 79.9. The highest BCUT2D eigenvalue weighted by molar-refractivity contribution is 9.10. The van der Waals surface area contributed by atoms with Gasteiger partial charge in [-0.1, -0.05) is 50.6 Å². The molecule has 0 bridgehead atoms. The predicted octanol–water partition coefficient (Wildman–Crippen LogP) is 6.06. The first kappa shape index (κ1) is 23.8. The molecule has 0 atom stereocenters. The summed E-state index contributed by atoms with van der Waals surface area (Å²) in [7, 11) is 0. The van der Waals surface area contributed by atoms with E-state index in [1.807, 2.05) is 0 Å². The molecule has 0 amide bonds. The van der Waals surface area contributed by atoms with E-state index in [0.29, 0.717) is 11.1 Å². The summed E-state index contributed by atoms with van der Waals surface area (Å²) >= 11 is 3.04. The Bertz CT molecular complexity index is 1560. The first-order valence-electron chi connectivity index (χ1n) is 10.4. The Morgan fingerprint density at radius 3 is 2.56 bits per heavy atom. The van der Waals surface area contributed by atoms with Gasteiger partial charge in [-0.3, -0.25) is 0 Å². The van der Waals surface area contributed by atoms with E-state index in [9.17, 15) is 22.7 Å². The van der Waals surface area contributed by atoms with Crippen molar-refractivity contribution in [2.75, 3.05) is 0 Å². The van der Waals surface area contributed by atoms with E-state index in [0.717, 1.165) is 16.3 Å². The second-order valence-corrected chi connectivity index (χ2v) is 8.60. The molecule has 1 N–H and O–H groups in total. The molecule has 3 aromatic carbocycles. The van der Waals surface area contributed by atoms with Crippen LogP contribution in [0.5, 0.6) is 0 Å². The maximum atomic E-state index is 14.9. The summed E-state index contributed by atoms with van der Waals surface area (Å²) in [4.78, 5) is 4.14. The zero-order valence-electron chi connectivity index (χ0n) is 18.0. The molecule has 0 aliphatic rings. The van der Waals surface area contributed by atoms with Crippen LogP contribution in [-0.2, 0) is 12.8 Å². The minimum atomic E-state index is -4.62. The third-order valence-electron chi connectivity index (χ3n) is 5.30. The lowest BCUT2D eigenvalue weighted by atomic mass is 10.0. The van der Waals surface area contributed by atoms with E-state index >= 15 is 0 Å². The highest BCUT2D eigenvalue weighted by Gasteiger charge is 2.34. The maximum Gasteiger partial charge on any atom is 0.418 e. The van der Waals surface area contributed by atoms with Gasteiger partial charge >= 0.3 is 6.18 Å². The number of aromatic nitrogens is 5. The van der Waals surface area contributed by atoms with Crippen molar-refractivity contribution in [2.24, 2.45) is 0 Å². The number of hydrogen-bond acceptors (Lipinski definition) is 6. The van der Waals surface area contributed by atoms with Gasteiger partial charge in [-0.2, -0.15) is 18.2 Å². The zero-order chi connectivity index (χ0) is 25.4. The molecular weight excluding hydrogens is 546 g/mol. The molecular formula is C24H14BrF4N5O2. The topological polar surface area (TPSA) is 89.9 Å². The Balaban J connectivity index is 1.44. The van der Waals surface area contributed by atoms with E-state index in [1.54, 1.807) is 30.3 Å². The number of aliphatic hydroxyl groups is 1. The quantitative estimate of drug-likeness (QED) is 0.263. The van der Waals surface area contributed by atoms with Crippen LogP contribution in [0.15, 0.2) is 75.9 Å². The lowest BCUT2D eigenvalue weighted by Gasteiger charge is -2.12. The second kappa shape index (κ2) is 9.28. The van der Waals surface area contributed by atoms with Gasteiger partial charge in [-0.05, 0) is 53.1 Å². The molecule has 2 aromatic heterocycles. The third kappa shape index (κ3) is 4.64. The Morgan fingerprint density at radius 2 is 1.81 bits per heavy atom. The number of nitrogens with zero attached hydrogens (tertiary/aromatic N) is 5. The van der Waals surface area contributed by atoms with Gasteiger partial charge in [0, 0.05) is 4.47 Å². The SMILES string of the molecule is OCc1cccc(-c2ccc(-c3noc(-c4cn(-c5ccc(Br)cc5C(F)(F)F)nn4)n3)c(F)c2)c1. The molecule has 182 valence electrons. The molecule has 0 saturated carbocycles. The number of hydrogen-bond donors (Lipinski definition) is 1. The molecule has 7 nitrogen and oxygen atoms in total. The summed E-state index contributed by atoms with van der Waals surface area (Å²) in [5.41, 5.74) is 0.937. The van der Waals surface area contributed by atoms with Gasteiger partial charge in [0.25, 0.3) is 5.89 Å². The molecule has 0 fully saturated rings. The van der Waals surface area contributed by atoms with Crippen LogP contribution in [-0.4, -0.2) is 30.2 Å². The van der Waals surface area contributed by atoms with Crippen LogP contribution in [0, 0.1) is 5.82 Å². The molecule has 5 rings (SSSR count). The lowest BCUT2D eigenvalue weighted by molar-refractivity contribution is -0.137. The summed E-state index contributed by atoms with van der Waals surface area (Å²) in [5, 5.41) is 20.7. The van der Waals surface area contributed by atoms with E-state index in [1.165, 1.54) is 30.5 Å². The molecule has 0 aliphatic heterocycles. The van der Waals surface area contributed by atoms with Crippen molar-refractivity contribution in [3.8, 4) is 39.8 Å². The third-order valence-corrected chi connectivity index (χ3v) is 5.80. The van der Waals surface area contributed by atoms with Crippen molar-refractivity contribution in [1.29, 1.82) is 0 Å². The standard InChI is InChI=1S/C24H14BrF4N5O2/c25-16-5-7-21(18(10-16)24(27,28)29)34-11-20(31-33-34)23-30-22(32-36-23)17-6-4-15(9-19(17)26)14-3-1-2-13(8-14)12-35/h1-11,35H,12H2. The fourth-order valence-corrected chi connectivity index (χ4v) is 3.94. The van der Waals surface area contributed by atoms with Gasteiger partial charge < -0.3 is 9.63 Å². The first-order chi connectivity index (χ1) is 17.2. The average Bonchev–Trinajstić information content (AvgIpc) is 3.53. The number of rotatable bonds is 5. The number of benzene rings is 3. The van der Waals surface area contributed by atoms with E-state index in [4.69, 9.17) is 4.52 Å². The van der Waals surface area contributed by atoms with Crippen molar-refractivity contribution in [1.82, 2.24) is 25.1 Å². The van der Waals surface area contributed by atoms with Crippen LogP contribution >= 0.6 is 15.9 Å². The monoisotopic (exact) mass is 559 g/mol. The number of halogens is 5. The van der Waals surface area contributed by atoms with Gasteiger partial charge in [0.05, 0.1) is 29.6 Å². The summed E-state index contributed by atoms with van der Waals surface area (Å²) in [6.45, 7) is -0.135. The van der Waals surface area contributed by atoms with Gasteiger partial charge in [0.1, 0.15) is 5.82 Å². The van der Waals surface area contributed by atoms with E-state index < -0.39 is 17.6 Å². The Labute approximate surface area is 209 Å². The highest BCUT2D eigenvalue weighted by Crippen LogP contribution is 2.36. The van der Waals surface area contributed by atoms with Gasteiger partial charge in [0.2, 0.25) is 5.82 Å². The fourth-order valence-electron chi connectivity index (χ4n) is 3.58. The molecule has 5 aromatic rings. The lowest BCUT2D eigenvalue weighted by Crippen LogP contribution is -2.11. The van der Waals surface area contributed by atoms with Crippen LogP contribution in [0.4, 0.5) is 17.6 Å². The Kier molecular flexibility index (Phi) is 6.14. The van der Waals surface area contributed by atoms with E-state index in [2.05, 4.69) is 36.4 Å². The number of alkyl halides is 3. The van der Waals surface area contributed by atoms with Crippen LogP contribution < -0.4 is 0 Å². The van der Waals surface area contributed by atoms with Gasteiger partial charge in [0.15, 0.2) is 5.69 Å². The molecule has 36 heavy (non-hydrogen) atoms. The van der Waals surface area contributed by atoms with Crippen molar-refractivity contribution in [2.45, 2.75) is 12.8 Å². The molecule has 0 aliphatic carbocycles. The molecule has 12 heteroatoms. The molecule has 2 heterocycles. The fraction of sp³-hybridized carbons (Fsp3) is 0.0833. The maximum absolute atomic E-state index is 14.9. The summed E-state index contributed by atoms with van der Waals surface area (Å²) in [6.07, 6.45) is -3.41. The van der Waals surface area contributed by atoms with Crippen molar-refractivity contribution < 1.29 is 27.2 Å². The molecule has 0 radical (unpaired) electrons. The zero-order valence-corrected chi connectivity index (χ0v) is 19.6. The van der Waals surface area contributed by atoms with Crippen molar-refractivity contribution >= 4 is 15.9 Å². The van der Waals surface area contributed by atoms with Crippen molar-refractivity contribution in [3.63, 3.8) is 0 Å². The van der Waals surface area contributed by atoms with Crippen LogP contribution in [0.1, 0.15) is 11.1 Å². The normalized spacial score (nSPS) is 11.7. The van der Waals surface area contributed by atoms with Gasteiger partial charge in [-0.25, -0.2) is 9.07 Å². The minimum Gasteiger partial charge on any atom is -0.392 e. The van der Waals surface area contributed by atoms with Crippen LogP contribution in [0.3, 0.4) is 0 Å². The summed E-state index contributed by atoms with van der Waals surface area (Å²) < 4.78 is 61.7. The van der Waals surface area contributed by atoms with Crippen LogP contribution in [0.2, 0.25) is 0 Å². The Hall–Kier alpha value is -3.90. The summed E-state index contributed by atoms with van der Waals surface area (Å²) in [5.74, 6) is -0.809. The minimum absolute atomic E-state index is 0.0163.